The number of benzene rings is 1. The van der Waals surface area contributed by atoms with Crippen molar-refractivity contribution in [2.75, 3.05) is 11.9 Å². The summed E-state index contributed by atoms with van der Waals surface area (Å²) in [5.41, 5.74) is 1.23. The molecule has 3 amide bonds. The zero-order chi connectivity index (χ0) is 26.7. The Morgan fingerprint density at radius 3 is 2.53 bits per heavy atom. The third kappa shape index (κ3) is 5.43. The number of aryl methyl sites for hydroxylation is 1. The van der Waals surface area contributed by atoms with Crippen molar-refractivity contribution in [1.29, 1.82) is 0 Å². The first-order valence-electron chi connectivity index (χ1n) is 11.1. The van der Waals surface area contributed by atoms with E-state index >= 15 is 0 Å². The first-order valence-corrected chi connectivity index (χ1v) is 11.1. The van der Waals surface area contributed by atoms with Crippen molar-refractivity contribution in [2.45, 2.75) is 45.8 Å². The van der Waals surface area contributed by atoms with Crippen molar-refractivity contribution in [3.63, 3.8) is 0 Å². The van der Waals surface area contributed by atoms with Gasteiger partial charge in [-0.15, -0.1) is 0 Å². The molecular formula is C24H26F2N4O6. The minimum Gasteiger partial charge on any atom is -0.480 e. The fourth-order valence-corrected chi connectivity index (χ4v) is 3.94. The maximum Gasteiger partial charge on any atom is 0.326 e. The van der Waals surface area contributed by atoms with Crippen LogP contribution in [-0.2, 0) is 14.4 Å². The molecule has 0 saturated carbocycles. The van der Waals surface area contributed by atoms with Crippen LogP contribution >= 0.6 is 0 Å². The molecular weight excluding hydrogens is 478 g/mol. The van der Waals surface area contributed by atoms with Crippen LogP contribution in [0.5, 0.6) is 0 Å². The zero-order valence-electron chi connectivity index (χ0n) is 19.8. The Balaban J connectivity index is 1.72. The number of halogens is 2. The van der Waals surface area contributed by atoms with Crippen LogP contribution in [0.25, 0.3) is 11.6 Å². The van der Waals surface area contributed by atoms with Crippen LogP contribution in [0.1, 0.15) is 52.6 Å². The minimum absolute atomic E-state index is 0.105. The Bertz CT molecular complexity index is 1270. The number of hydrogen-bond acceptors (Lipinski definition) is 5. The summed E-state index contributed by atoms with van der Waals surface area (Å²) < 4.78 is 28.1. The molecule has 2 aromatic rings. The van der Waals surface area contributed by atoms with E-state index in [1.807, 2.05) is 0 Å². The van der Waals surface area contributed by atoms with Gasteiger partial charge in [0, 0.05) is 23.5 Å². The lowest BCUT2D eigenvalue weighted by Gasteiger charge is -2.15. The topological polar surface area (TPSA) is 161 Å². The Hall–Kier alpha value is -4.06. The summed E-state index contributed by atoms with van der Waals surface area (Å²) in [6.45, 7) is 4.51. The van der Waals surface area contributed by atoms with E-state index in [1.165, 1.54) is 12.1 Å². The molecule has 3 rings (SSSR count). The first-order chi connectivity index (χ1) is 16.9. The lowest BCUT2D eigenvalue weighted by Crippen LogP contribution is -2.43. The molecule has 0 spiro atoms. The lowest BCUT2D eigenvalue weighted by molar-refractivity contribution is -0.142. The molecule has 0 saturated heterocycles. The molecule has 0 aliphatic carbocycles. The molecule has 2 atom stereocenters. The summed E-state index contributed by atoms with van der Waals surface area (Å²) in [4.78, 5) is 51.0. The molecule has 1 aliphatic rings. The fraction of sp³-hybridized carbons (Fsp3) is 0.333. The van der Waals surface area contributed by atoms with Crippen molar-refractivity contribution in [3.8, 4) is 0 Å². The number of H-pyrrole nitrogens is 1. The number of aliphatic hydroxyl groups is 1. The van der Waals surface area contributed by atoms with Gasteiger partial charge in [0.15, 0.2) is 11.6 Å². The van der Waals surface area contributed by atoms with Crippen LogP contribution < -0.4 is 16.0 Å². The predicted octanol–water partition coefficient (Wildman–Crippen LogP) is 1.86. The normalized spacial score (nSPS) is 15.3. The van der Waals surface area contributed by atoms with Gasteiger partial charge in [-0.3, -0.25) is 14.4 Å². The quantitative estimate of drug-likeness (QED) is 0.286. The van der Waals surface area contributed by atoms with E-state index in [1.54, 1.807) is 20.8 Å². The highest BCUT2D eigenvalue weighted by Gasteiger charge is 2.30. The smallest absolute Gasteiger partial charge is 0.326 e. The molecule has 0 radical (unpaired) electrons. The van der Waals surface area contributed by atoms with Gasteiger partial charge < -0.3 is 31.1 Å². The van der Waals surface area contributed by atoms with E-state index in [-0.39, 0.29) is 35.4 Å². The van der Waals surface area contributed by atoms with Gasteiger partial charge in [-0.05, 0) is 44.0 Å². The predicted molar refractivity (Wildman–Crippen MR) is 126 cm³/mol. The largest absolute Gasteiger partial charge is 0.480 e. The number of hydrogen-bond donors (Lipinski definition) is 6. The Labute approximate surface area is 204 Å². The number of aliphatic carboxylic acids is 1. The van der Waals surface area contributed by atoms with Crippen molar-refractivity contribution >= 4 is 41.0 Å². The molecule has 1 aliphatic heterocycles. The molecule has 10 nitrogen and oxygen atoms in total. The number of fused-ring (bicyclic) bond motifs is 1. The highest BCUT2D eigenvalue weighted by atomic mass is 19.2. The molecule has 36 heavy (non-hydrogen) atoms. The van der Waals surface area contributed by atoms with E-state index in [9.17, 15) is 33.1 Å². The van der Waals surface area contributed by atoms with Crippen LogP contribution in [-0.4, -0.2) is 57.6 Å². The van der Waals surface area contributed by atoms with Gasteiger partial charge in [0.05, 0.1) is 29.3 Å². The number of carbonyl (C=O) groups excluding carboxylic acids is 3. The van der Waals surface area contributed by atoms with Crippen molar-refractivity contribution in [2.24, 2.45) is 0 Å². The second-order valence-corrected chi connectivity index (χ2v) is 8.39. The fourth-order valence-electron chi connectivity index (χ4n) is 3.94. The number of aliphatic hydroxyl groups excluding tert-OH is 1. The molecule has 2 unspecified atom stereocenters. The molecule has 2 heterocycles. The van der Waals surface area contributed by atoms with Gasteiger partial charge in [0.25, 0.3) is 11.8 Å². The molecule has 6 N–H and O–H groups in total. The maximum absolute atomic E-state index is 14.4. The molecule has 0 bridgehead atoms. The average molecular weight is 504 g/mol. The molecule has 12 heteroatoms. The van der Waals surface area contributed by atoms with Gasteiger partial charge >= 0.3 is 5.97 Å². The third-order valence-corrected chi connectivity index (χ3v) is 5.81. The van der Waals surface area contributed by atoms with E-state index in [0.29, 0.717) is 17.0 Å². The van der Waals surface area contributed by atoms with Gasteiger partial charge in [-0.25, -0.2) is 13.6 Å². The number of carboxylic acid groups (broad SMARTS) is 1. The number of carbonyl (C=O) groups is 4. The van der Waals surface area contributed by atoms with Crippen LogP contribution in [0.4, 0.5) is 14.5 Å². The highest BCUT2D eigenvalue weighted by molar-refractivity contribution is 6.35. The van der Waals surface area contributed by atoms with Gasteiger partial charge in [-0.1, -0.05) is 6.92 Å². The van der Waals surface area contributed by atoms with Crippen molar-refractivity contribution in [1.82, 2.24) is 15.6 Å². The second kappa shape index (κ2) is 10.7. The van der Waals surface area contributed by atoms with E-state index in [0.717, 1.165) is 6.07 Å². The monoisotopic (exact) mass is 504 g/mol. The van der Waals surface area contributed by atoms with E-state index < -0.39 is 53.9 Å². The van der Waals surface area contributed by atoms with Crippen LogP contribution in [0.15, 0.2) is 12.1 Å². The highest BCUT2D eigenvalue weighted by Crippen LogP contribution is 2.36. The number of anilines is 1. The Kier molecular flexibility index (Phi) is 7.88. The van der Waals surface area contributed by atoms with Crippen molar-refractivity contribution < 1.29 is 38.2 Å². The summed E-state index contributed by atoms with van der Waals surface area (Å²) in [6, 6.07) is 1.10. The van der Waals surface area contributed by atoms with E-state index in [4.69, 9.17) is 5.11 Å². The van der Waals surface area contributed by atoms with Gasteiger partial charge in [0.2, 0.25) is 5.91 Å². The van der Waals surface area contributed by atoms with Crippen LogP contribution in [0, 0.1) is 25.5 Å². The SMILES string of the molecule is CCC(NC(=O)CC(O)CNC(=O)c1c(C)[nH]c(/C=C2\C(=O)Nc3ccc(F)c(F)c32)c1C)C(=O)O. The number of carboxylic acids is 1. The Morgan fingerprint density at radius 2 is 1.89 bits per heavy atom. The average Bonchev–Trinajstić information content (AvgIpc) is 3.28. The number of aromatic nitrogens is 1. The first kappa shape index (κ1) is 26.5. The minimum atomic E-state index is -1.27. The van der Waals surface area contributed by atoms with Crippen LogP contribution in [0.3, 0.4) is 0 Å². The number of nitrogens with one attached hydrogen (secondary N) is 4. The standard InChI is InChI=1S/C24H26F2N4O6/c1-4-15(24(35)36)29-18(32)7-12(31)9-27-23(34)19-10(2)17(28-11(19)3)8-13-20-16(30-22(13)33)6-5-14(25)21(20)26/h5-6,8,12,15,28,31H,4,7,9H2,1-3H3,(H,27,34)(H,29,32)(H,30,33)(H,35,36)/b13-8-. The number of rotatable bonds is 9. The lowest BCUT2D eigenvalue weighted by atomic mass is 10.0. The zero-order valence-corrected chi connectivity index (χ0v) is 19.8. The third-order valence-electron chi connectivity index (χ3n) is 5.81. The summed E-state index contributed by atoms with van der Waals surface area (Å²) in [6.07, 6.45) is -0.177. The van der Waals surface area contributed by atoms with Gasteiger partial charge in [0.1, 0.15) is 6.04 Å². The molecule has 0 fully saturated rings. The number of amides is 3. The maximum atomic E-state index is 14.4. The van der Waals surface area contributed by atoms with Crippen LogP contribution in [0.2, 0.25) is 0 Å². The molecule has 192 valence electrons. The summed E-state index contributed by atoms with van der Waals surface area (Å²) >= 11 is 0. The van der Waals surface area contributed by atoms with E-state index in [2.05, 4.69) is 20.9 Å². The number of aromatic amines is 1. The van der Waals surface area contributed by atoms with Gasteiger partial charge in [-0.2, -0.15) is 0 Å². The summed E-state index contributed by atoms with van der Waals surface area (Å²) in [5, 5.41) is 26.3. The molecule has 1 aromatic heterocycles. The summed E-state index contributed by atoms with van der Waals surface area (Å²) in [5.74, 6) is -5.33. The Morgan fingerprint density at radius 1 is 1.19 bits per heavy atom. The van der Waals surface area contributed by atoms with Crippen molar-refractivity contribution in [3.05, 3.63) is 51.8 Å². The second-order valence-electron chi connectivity index (χ2n) is 8.39. The molecule has 1 aromatic carbocycles. The summed E-state index contributed by atoms with van der Waals surface area (Å²) in [7, 11) is 0.